The topological polar surface area (TPSA) is 38.7 Å². The Bertz CT molecular complexity index is 648. The molecule has 3 nitrogen and oxygen atoms in total. The minimum absolute atomic E-state index is 0.130. The summed E-state index contributed by atoms with van der Waals surface area (Å²) in [4.78, 5) is 0. The number of benzene rings is 2. The summed E-state index contributed by atoms with van der Waals surface area (Å²) in [7, 11) is 1.65. The molecule has 0 aliphatic carbocycles. The SMILES string of the molecule is COc1ccc(COc2ccc(C#CCO)c(C)c2)cc1. The molecule has 2 rings (SSSR count). The van der Waals surface area contributed by atoms with E-state index in [2.05, 4.69) is 11.8 Å². The second-order valence-corrected chi connectivity index (χ2v) is 4.57. The summed E-state index contributed by atoms with van der Waals surface area (Å²) in [6, 6.07) is 13.5. The molecule has 0 radical (unpaired) electrons. The minimum Gasteiger partial charge on any atom is -0.497 e. The number of aliphatic hydroxyl groups excluding tert-OH is 1. The lowest BCUT2D eigenvalue weighted by Crippen LogP contribution is -1.96. The van der Waals surface area contributed by atoms with Crippen LogP contribution in [0.1, 0.15) is 16.7 Å². The van der Waals surface area contributed by atoms with E-state index in [1.165, 1.54) is 0 Å². The van der Waals surface area contributed by atoms with Gasteiger partial charge in [-0.25, -0.2) is 0 Å². The van der Waals surface area contributed by atoms with Gasteiger partial charge in [0, 0.05) is 5.56 Å². The van der Waals surface area contributed by atoms with Crippen molar-refractivity contribution >= 4 is 0 Å². The van der Waals surface area contributed by atoms with E-state index < -0.39 is 0 Å². The van der Waals surface area contributed by atoms with Crippen LogP contribution >= 0.6 is 0 Å². The van der Waals surface area contributed by atoms with Crippen molar-refractivity contribution in [2.45, 2.75) is 13.5 Å². The molecule has 2 aromatic carbocycles. The molecule has 0 bridgehead atoms. The number of hydrogen-bond donors (Lipinski definition) is 1. The number of methoxy groups -OCH3 is 1. The van der Waals surface area contributed by atoms with Crippen LogP contribution < -0.4 is 9.47 Å². The third kappa shape index (κ3) is 4.27. The normalized spacial score (nSPS) is 9.67. The van der Waals surface area contributed by atoms with Gasteiger partial charge in [-0.15, -0.1) is 0 Å². The number of hydrogen-bond acceptors (Lipinski definition) is 3. The molecular weight excluding hydrogens is 264 g/mol. The summed E-state index contributed by atoms with van der Waals surface area (Å²) in [6.07, 6.45) is 0. The molecule has 0 heterocycles. The minimum atomic E-state index is -0.130. The van der Waals surface area contributed by atoms with Gasteiger partial charge in [0.05, 0.1) is 7.11 Å². The van der Waals surface area contributed by atoms with Gasteiger partial charge in [0.2, 0.25) is 0 Å². The molecule has 0 saturated heterocycles. The molecule has 0 aromatic heterocycles. The Kier molecular flexibility index (Phi) is 5.25. The first-order valence-electron chi connectivity index (χ1n) is 6.69. The summed E-state index contributed by atoms with van der Waals surface area (Å²) < 4.78 is 10.9. The Morgan fingerprint density at radius 3 is 2.38 bits per heavy atom. The fraction of sp³-hybridized carbons (Fsp3) is 0.222. The molecule has 0 unspecified atom stereocenters. The van der Waals surface area contributed by atoms with Crippen LogP contribution in [0.3, 0.4) is 0 Å². The van der Waals surface area contributed by atoms with Crippen LogP contribution in [0.15, 0.2) is 42.5 Å². The lowest BCUT2D eigenvalue weighted by Gasteiger charge is -2.08. The Morgan fingerprint density at radius 2 is 1.76 bits per heavy atom. The van der Waals surface area contributed by atoms with Crippen LogP contribution in [0.2, 0.25) is 0 Å². The molecule has 2 aromatic rings. The van der Waals surface area contributed by atoms with E-state index in [0.717, 1.165) is 28.2 Å². The van der Waals surface area contributed by atoms with Crippen LogP contribution in [-0.2, 0) is 6.61 Å². The molecule has 0 spiro atoms. The van der Waals surface area contributed by atoms with Gasteiger partial charge >= 0.3 is 0 Å². The molecule has 0 aliphatic rings. The summed E-state index contributed by atoms with van der Waals surface area (Å²) in [5, 5.41) is 8.71. The van der Waals surface area contributed by atoms with Crippen LogP contribution in [0.5, 0.6) is 11.5 Å². The van der Waals surface area contributed by atoms with Crippen LogP contribution in [0.4, 0.5) is 0 Å². The Morgan fingerprint density at radius 1 is 1.05 bits per heavy atom. The Balaban J connectivity index is 2.01. The van der Waals surface area contributed by atoms with Crippen molar-refractivity contribution in [3.63, 3.8) is 0 Å². The third-order valence-electron chi connectivity index (χ3n) is 3.06. The number of rotatable bonds is 4. The Hall–Kier alpha value is -2.44. The number of aryl methyl sites for hydroxylation is 1. The van der Waals surface area contributed by atoms with Gasteiger partial charge in [-0.05, 0) is 48.4 Å². The molecule has 1 N–H and O–H groups in total. The van der Waals surface area contributed by atoms with E-state index in [9.17, 15) is 0 Å². The summed E-state index contributed by atoms with van der Waals surface area (Å²) in [5.41, 5.74) is 3.02. The predicted octanol–water partition coefficient (Wildman–Crippen LogP) is 2.93. The smallest absolute Gasteiger partial charge is 0.120 e. The van der Waals surface area contributed by atoms with Crippen molar-refractivity contribution in [1.29, 1.82) is 0 Å². The second kappa shape index (κ2) is 7.37. The van der Waals surface area contributed by atoms with E-state index in [1.807, 2.05) is 49.4 Å². The summed E-state index contributed by atoms with van der Waals surface area (Å²) >= 11 is 0. The molecule has 0 fully saturated rings. The number of aliphatic hydroxyl groups is 1. The highest BCUT2D eigenvalue weighted by molar-refractivity contribution is 5.44. The number of ether oxygens (including phenoxy) is 2. The summed E-state index contributed by atoms with van der Waals surface area (Å²) in [5.74, 6) is 7.19. The first-order chi connectivity index (χ1) is 10.2. The lowest BCUT2D eigenvalue weighted by molar-refractivity contribution is 0.305. The zero-order valence-corrected chi connectivity index (χ0v) is 12.2. The molecular formula is C18H18O3. The highest BCUT2D eigenvalue weighted by Crippen LogP contribution is 2.19. The predicted molar refractivity (Wildman–Crippen MR) is 82.5 cm³/mol. The van der Waals surface area contributed by atoms with Crippen molar-refractivity contribution in [2.24, 2.45) is 0 Å². The third-order valence-corrected chi connectivity index (χ3v) is 3.06. The van der Waals surface area contributed by atoms with Gasteiger partial charge in [0.25, 0.3) is 0 Å². The van der Waals surface area contributed by atoms with Crippen LogP contribution in [0, 0.1) is 18.8 Å². The van der Waals surface area contributed by atoms with Crippen molar-refractivity contribution in [1.82, 2.24) is 0 Å². The fourth-order valence-corrected chi connectivity index (χ4v) is 1.89. The lowest BCUT2D eigenvalue weighted by atomic mass is 10.1. The first-order valence-corrected chi connectivity index (χ1v) is 6.69. The monoisotopic (exact) mass is 282 g/mol. The Labute approximate surface area is 125 Å². The quantitative estimate of drug-likeness (QED) is 0.876. The van der Waals surface area contributed by atoms with Gasteiger partial charge in [-0.2, -0.15) is 0 Å². The average Bonchev–Trinajstić information content (AvgIpc) is 2.52. The second-order valence-electron chi connectivity index (χ2n) is 4.57. The van der Waals surface area contributed by atoms with Crippen LogP contribution in [0.25, 0.3) is 0 Å². The highest BCUT2D eigenvalue weighted by Gasteiger charge is 2.00. The van der Waals surface area contributed by atoms with Gasteiger partial charge in [0.15, 0.2) is 0 Å². The fourth-order valence-electron chi connectivity index (χ4n) is 1.89. The zero-order valence-electron chi connectivity index (χ0n) is 12.2. The molecule has 21 heavy (non-hydrogen) atoms. The maximum atomic E-state index is 8.71. The molecule has 0 aliphatic heterocycles. The first kappa shape index (κ1) is 15.0. The van der Waals surface area contributed by atoms with E-state index in [1.54, 1.807) is 7.11 Å². The molecule has 0 atom stereocenters. The van der Waals surface area contributed by atoms with Gasteiger partial charge in [-0.3, -0.25) is 0 Å². The van der Waals surface area contributed by atoms with Gasteiger partial charge in [-0.1, -0.05) is 24.0 Å². The van der Waals surface area contributed by atoms with E-state index in [4.69, 9.17) is 14.6 Å². The summed E-state index contributed by atoms with van der Waals surface area (Å²) in [6.45, 7) is 2.35. The molecule has 0 saturated carbocycles. The van der Waals surface area contributed by atoms with Gasteiger partial charge in [0.1, 0.15) is 24.7 Å². The van der Waals surface area contributed by atoms with E-state index >= 15 is 0 Å². The maximum Gasteiger partial charge on any atom is 0.120 e. The molecule has 3 heteroatoms. The maximum absolute atomic E-state index is 8.71. The van der Waals surface area contributed by atoms with E-state index in [-0.39, 0.29) is 6.61 Å². The van der Waals surface area contributed by atoms with E-state index in [0.29, 0.717) is 6.61 Å². The largest absolute Gasteiger partial charge is 0.497 e. The van der Waals surface area contributed by atoms with Crippen molar-refractivity contribution in [3.8, 4) is 23.3 Å². The zero-order chi connectivity index (χ0) is 15.1. The van der Waals surface area contributed by atoms with Crippen molar-refractivity contribution in [2.75, 3.05) is 13.7 Å². The molecule has 108 valence electrons. The average molecular weight is 282 g/mol. The molecule has 0 amide bonds. The van der Waals surface area contributed by atoms with Crippen molar-refractivity contribution in [3.05, 3.63) is 59.2 Å². The standard InChI is InChI=1S/C18H18O3/c1-14-12-18(10-7-16(14)4-3-11-19)21-13-15-5-8-17(20-2)9-6-15/h5-10,12,19H,11,13H2,1-2H3. The van der Waals surface area contributed by atoms with Gasteiger partial charge < -0.3 is 14.6 Å². The van der Waals surface area contributed by atoms with Crippen LogP contribution in [-0.4, -0.2) is 18.8 Å². The van der Waals surface area contributed by atoms with Crippen molar-refractivity contribution < 1.29 is 14.6 Å². The highest BCUT2D eigenvalue weighted by atomic mass is 16.5.